The summed E-state index contributed by atoms with van der Waals surface area (Å²) >= 11 is 0. The van der Waals surface area contributed by atoms with Crippen LogP contribution in [0.3, 0.4) is 0 Å². The van der Waals surface area contributed by atoms with Gasteiger partial charge in [0.25, 0.3) is 0 Å². The summed E-state index contributed by atoms with van der Waals surface area (Å²) in [6.07, 6.45) is 4.78. The first kappa shape index (κ1) is 17.2. The van der Waals surface area contributed by atoms with E-state index in [1.807, 2.05) is 30.3 Å². The zero-order valence-corrected chi connectivity index (χ0v) is 12.8. The van der Waals surface area contributed by atoms with Gasteiger partial charge in [-0.05, 0) is 37.1 Å². The number of hydrogen-bond donors (Lipinski definition) is 2. The highest BCUT2D eigenvalue weighted by molar-refractivity contribution is 5.85. The Morgan fingerprint density at radius 3 is 2.70 bits per heavy atom. The van der Waals surface area contributed by atoms with Crippen molar-refractivity contribution in [3.63, 3.8) is 0 Å². The van der Waals surface area contributed by atoms with Gasteiger partial charge in [0.2, 0.25) is 0 Å². The van der Waals surface area contributed by atoms with Crippen LogP contribution in [0.15, 0.2) is 36.5 Å². The Hall–Kier alpha value is -0.870. The van der Waals surface area contributed by atoms with Crippen molar-refractivity contribution in [2.45, 2.75) is 31.4 Å². The minimum atomic E-state index is -0.446. The van der Waals surface area contributed by atoms with E-state index >= 15 is 0 Å². The molecule has 1 aromatic carbocycles. The van der Waals surface area contributed by atoms with Crippen LogP contribution in [0, 0.1) is 0 Å². The second-order valence-electron chi connectivity index (χ2n) is 4.92. The SMILES string of the molecule is Cl.Cl.OC(c1ccnc2ccccc12)C1CCCCN1. The standard InChI is InChI=1S/C15H18N2O.2ClH/c18-15(14-7-3-4-9-16-14)12-8-10-17-13-6-2-1-5-11(12)13;;/h1-2,5-6,8,10,14-16,18H,3-4,7,9H2;2*1H. The monoisotopic (exact) mass is 314 g/mol. The van der Waals surface area contributed by atoms with Crippen LogP contribution < -0.4 is 5.32 Å². The summed E-state index contributed by atoms with van der Waals surface area (Å²) in [5.41, 5.74) is 1.94. The van der Waals surface area contributed by atoms with E-state index in [9.17, 15) is 5.11 Å². The van der Waals surface area contributed by atoms with Gasteiger partial charge >= 0.3 is 0 Å². The number of pyridine rings is 1. The fourth-order valence-electron chi connectivity index (χ4n) is 2.74. The quantitative estimate of drug-likeness (QED) is 0.894. The number of halogens is 2. The zero-order valence-electron chi connectivity index (χ0n) is 11.2. The lowest BCUT2D eigenvalue weighted by Gasteiger charge is -2.28. The maximum atomic E-state index is 10.6. The summed E-state index contributed by atoms with van der Waals surface area (Å²) in [5.74, 6) is 0. The van der Waals surface area contributed by atoms with Crippen LogP contribution >= 0.6 is 24.8 Å². The van der Waals surface area contributed by atoms with Crippen molar-refractivity contribution in [3.8, 4) is 0 Å². The molecule has 3 rings (SSSR count). The van der Waals surface area contributed by atoms with Gasteiger partial charge in [-0.15, -0.1) is 24.8 Å². The van der Waals surface area contributed by atoms with Gasteiger partial charge in [-0.3, -0.25) is 4.98 Å². The molecule has 0 spiro atoms. The minimum Gasteiger partial charge on any atom is -0.387 e. The molecule has 0 radical (unpaired) electrons. The van der Waals surface area contributed by atoms with Gasteiger partial charge < -0.3 is 10.4 Å². The number of aliphatic hydroxyl groups is 1. The van der Waals surface area contributed by atoms with Crippen molar-refractivity contribution in [2.75, 3.05) is 6.54 Å². The molecular formula is C15H20Cl2N2O. The van der Waals surface area contributed by atoms with E-state index in [-0.39, 0.29) is 30.9 Å². The topological polar surface area (TPSA) is 45.2 Å². The average Bonchev–Trinajstić information content (AvgIpc) is 2.47. The first-order valence-electron chi connectivity index (χ1n) is 6.61. The summed E-state index contributed by atoms with van der Waals surface area (Å²) in [4.78, 5) is 4.34. The number of fused-ring (bicyclic) bond motifs is 1. The molecule has 2 aromatic rings. The van der Waals surface area contributed by atoms with Gasteiger partial charge in [0, 0.05) is 17.6 Å². The van der Waals surface area contributed by atoms with Crippen LogP contribution in [0.4, 0.5) is 0 Å². The predicted molar refractivity (Wildman–Crippen MR) is 86.8 cm³/mol. The van der Waals surface area contributed by atoms with Crippen molar-refractivity contribution < 1.29 is 5.11 Å². The summed E-state index contributed by atoms with van der Waals surface area (Å²) < 4.78 is 0. The molecule has 0 saturated carbocycles. The number of nitrogens with zero attached hydrogens (tertiary/aromatic N) is 1. The van der Waals surface area contributed by atoms with Crippen molar-refractivity contribution in [1.82, 2.24) is 10.3 Å². The molecule has 0 amide bonds. The smallest absolute Gasteiger partial charge is 0.0950 e. The Bertz CT molecular complexity index is 539. The van der Waals surface area contributed by atoms with E-state index in [1.165, 1.54) is 12.8 Å². The molecule has 1 saturated heterocycles. The Kier molecular flexibility index (Phi) is 6.69. The second kappa shape index (κ2) is 7.79. The molecule has 2 N–H and O–H groups in total. The van der Waals surface area contributed by atoms with Gasteiger partial charge in [-0.2, -0.15) is 0 Å². The molecule has 20 heavy (non-hydrogen) atoms. The molecule has 2 atom stereocenters. The van der Waals surface area contributed by atoms with Crippen LogP contribution in [0.2, 0.25) is 0 Å². The number of benzene rings is 1. The summed E-state index contributed by atoms with van der Waals surface area (Å²) in [6, 6.07) is 10.1. The third kappa shape index (κ3) is 3.41. The number of piperidine rings is 1. The summed E-state index contributed by atoms with van der Waals surface area (Å²) in [7, 11) is 0. The van der Waals surface area contributed by atoms with Crippen LogP contribution in [-0.2, 0) is 0 Å². The first-order valence-corrected chi connectivity index (χ1v) is 6.61. The molecule has 0 aliphatic carbocycles. The highest BCUT2D eigenvalue weighted by Crippen LogP contribution is 2.27. The Morgan fingerprint density at radius 2 is 1.95 bits per heavy atom. The fraction of sp³-hybridized carbons (Fsp3) is 0.400. The maximum absolute atomic E-state index is 10.6. The van der Waals surface area contributed by atoms with Crippen LogP contribution in [0.25, 0.3) is 10.9 Å². The maximum Gasteiger partial charge on any atom is 0.0950 e. The number of nitrogens with one attached hydrogen (secondary N) is 1. The van der Waals surface area contributed by atoms with Crippen LogP contribution in [-0.4, -0.2) is 22.7 Å². The number of hydrogen-bond acceptors (Lipinski definition) is 3. The molecule has 1 aliphatic rings. The normalized spacial score (nSPS) is 19.8. The minimum absolute atomic E-state index is 0. The van der Waals surface area contributed by atoms with E-state index < -0.39 is 6.10 Å². The Labute approximate surface area is 131 Å². The van der Waals surface area contributed by atoms with Crippen molar-refractivity contribution in [1.29, 1.82) is 0 Å². The lowest BCUT2D eigenvalue weighted by Crippen LogP contribution is -2.38. The molecule has 1 aromatic heterocycles. The van der Waals surface area contributed by atoms with E-state index in [0.29, 0.717) is 0 Å². The van der Waals surface area contributed by atoms with Gasteiger partial charge in [0.1, 0.15) is 0 Å². The molecule has 0 bridgehead atoms. The van der Waals surface area contributed by atoms with Crippen molar-refractivity contribution >= 4 is 35.7 Å². The van der Waals surface area contributed by atoms with Gasteiger partial charge in [0.15, 0.2) is 0 Å². The average molecular weight is 315 g/mol. The zero-order chi connectivity index (χ0) is 12.4. The largest absolute Gasteiger partial charge is 0.387 e. The highest BCUT2D eigenvalue weighted by atomic mass is 35.5. The molecule has 1 fully saturated rings. The molecule has 5 heteroatoms. The van der Waals surface area contributed by atoms with E-state index in [0.717, 1.165) is 29.4 Å². The number of para-hydroxylation sites is 1. The van der Waals surface area contributed by atoms with Crippen LogP contribution in [0.1, 0.15) is 30.9 Å². The third-order valence-corrected chi connectivity index (χ3v) is 3.73. The lowest BCUT2D eigenvalue weighted by atomic mass is 9.93. The second-order valence-corrected chi connectivity index (χ2v) is 4.92. The lowest BCUT2D eigenvalue weighted by molar-refractivity contribution is 0.115. The predicted octanol–water partition coefficient (Wildman–Crippen LogP) is 3.25. The fourth-order valence-corrected chi connectivity index (χ4v) is 2.74. The Morgan fingerprint density at radius 1 is 1.15 bits per heavy atom. The molecule has 1 aliphatic heterocycles. The molecule has 3 nitrogen and oxygen atoms in total. The summed E-state index contributed by atoms with van der Waals surface area (Å²) in [6.45, 7) is 1.00. The van der Waals surface area contributed by atoms with Crippen molar-refractivity contribution in [3.05, 3.63) is 42.1 Å². The number of rotatable bonds is 2. The highest BCUT2D eigenvalue weighted by Gasteiger charge is 2.23. The van der Waals surface area contributed by atoms with E-state index in [1.54, 1.807) is 6.20 Å². The van der Waals surface area contributed by atoms with E-state index in [2.05, 4.69) is 10.3 Å². The third-order valence-electron chi connectivity index (χ3n) is 3.73. The van der Waals surface area contributed by atoms with Crippen molar-refractivity contribution in [2.24, 2.45) is 0 Å². The Balaban J connectivity index is 0.000001000. The van der Waals surface area contributed by atoms with Gasteiger partial charge in [-0.25, -0.2) is 0 Å². The van der Waals surface area contributed by atoms with Gasteiger partial charge in [-0.1, -0.05) is 24.6 Å². The molecule has 110 valence electrons. The number of aliphatic hydroxyl groups excluding tert-OH is 1. The first-order chi connectivity index (χ1) is 8.86. The van der Waals surface area contributed by atoms with Crippen LogP contribution in [0.5, 0.6) is 0 Å². The molecule has 2 heterocycles. The molecule has 2 unspecified atom stereocenters. The number of aromatic nitrogens is 1. The van der Waals surface area contributed by atoms with Gasteiger partial charge in [0.05, 0.1) is 11.6 Å². The molecular weight excluding hydrogens is 295 g/mol. The summed E-state index contributed by atoms with van der Waals surface area (Å²) in [5, 5.41) is 15.0. The van der Waals surface area contributed by atoms with E-state index in [4.69, 9.17) is 0 Å².